The highest BCUT2D eigenvalue weighted by Crippen LogP contribution is 2.28. The Balaban J connectivity index is 2.53. The number of carbonyl (C=O) groups is 1. The summed E-state index contributed by atoms with van der Waals surface area (Å²) in [6.07, 6.45) is 8.13. The van der Waals surface area contributed by atoms with Gasteiger partial charge in [-0.05, 0) is 25.7 Å². The molecule has 0 bridgehead atoms. The van der Waals surface area contributed by atoms with Gasteiger partial charge in [0.2, 0.25) is 0 Å². The van der Waals surface area contributed by atoms with E-state index in [2.05, 4.69) is 0 Å². The summed E-state index contributed by atoms with van der Waals surface area (Å²) in [5.41, 5.74) is 1.80. The Morgan fingerprint density at radius 1 is 1.40 bits per heavy atom. The van der Waals surface area contributed by atoms with Crippen molar-refractivity contribution < 1.29 is 4.79 Å². The monoisotopic (exact) mass is 153 g/mol. The SMILES string of the molecule is O=C/C(=C\Cl)[C]1[CH][CH][CH][CH]1. The molecule has 1 nitrogen and oxygen atoms in total. The van der Waals surface area contributed by atoms with Crippen LogP contribution in [0.2, 0.25) is 0 Å². The maximum atomic E-state index is 10.3. The van der Waals surface area contributed by atoms with Crippen molar-refractivity contribution in [3.8, 4) is 0 Å². The largest absolute Gasteiger partial charge is 0.298 e. The van der Waals surface area contributed by atoms with E-state index in [-0.39, 0.29) is 0 Å². The van der Waals surface area contributed by atoms with Crippen LogP contribution in [-0.2, 0) is 4.79 Å². The minimum absolute atomic E-state index is 0.520. The summed E-state index contributed by atoms with van der Waals surface area (Å²) in [4.78, 5) is 10.3. The van der Waals surface area contributed by atoms with Crippen LogP contribution in [0.5, 0.6) is 0 Å². The summed E-state index contributed by atoms with van der Waals surface area (Å²) >= 11 is 5.37. The van der Waals surface area contributed by atoms with Crippen LogP contribution >= 0.6 is 11.6 Å². The van der Waals surface area contributed by atoms with Gasteiger partial charge in [0.15, 0.2) is 0 Å². The molecule has 0 aromatic carbocycles. The molecule has 1 rings (SSSR count). The number of hydrogen-bond donors (Lipinski definition) is 0. The number of allylic oxidation sites excluding steroid dienone is 1. The number of aldehydes is 1. The molecule has 0 aromatic rings. The van der Waals surface area contributed by atoms with Crippen molar-refractivity contribution in [1.82, 2.24) is 0 Å². The Morgan fingerprint density at radius 3 is 2.40 bits per heavy atom. The molecular formula is C8H6ClO. The van der Waals surface area contributed by atoms with Crippen molar-refractivity contribution >= 4 is 17.9 Å². The van der Waals surface area contributed by atoms with E-state index in [4.69, 9.17) is 11.6 Å². The zero-order valence-corrected chi connectivity index (χ0v) is 6.01. The van der Waals surface area contributed by atoms with Gasteiger partial charge in [0, 0.05) is 17.0 Å². The molecule has 0 N–H and O–H groups in total. The van der Waals surface area contributed by atoms with Crippen LogP contribution in [0.3, 0.4) is 0 Å². The van der Waals surface area contributed by atoms with Gasteiger partial charge in [-0.25, -0.2) is 0 Å². The maximum Gasteiger partial charge on any atom is 0.147 e. The quantitative estimate of drug-likeness (QED) is 0.436. The van der Waals surface area contributed by atoms with Gasteiger partial charge in [-0.2, -0.15) is 0 Å². The Labute approximate surface area is 66.1 Å². The molecular weight excluding hydrogens is 148 g/mol. The maximum absolute atomic E-state index is 10.3. The first kappa shape index (κ1) is 7.80. The average Bonchev–Trinajstić information content (AvgIpc) is 2.43. The molecule has 51 valence electrons. The van der Waals surface area contributed by atoms with Crippen LogP contribution in [-0.4, -0.2) is 6.29 Å². The lowest BCUT2D eigenvalue weighted by molar-refractivity contribution is -0.104. The Hall–Kier alpha value is -0.300. The standard InChI is InChI=1S/C8H6ClO/c9-5-8(6-10)7-3-1-2-4-7/h1-6H/b8-5+. The number of hydrogen-bond acceptors (Lipinski definition) is 1. The van der Waals surface area contributed by atoms with Gasteiger partial charge >= 0.3 is 0 Å². The van der Waals surface area contributed by atoms with E-state index >= 15 is 0 Å². The molecule has 2 heteroatoms. The fourth-order valence-corrected chi connectivity index (χ4v) is 0.901. The molecule has 1 saturated carbocycles. The molecule has 1 aliphatic carbocycles. The Kier molecular flexibility index (Phi) is 2.94. The topological polar surface area (TPSA) is 17.1 Å². The van der Waals surface area contributed by atoms with Gasteiger partial charge in [-0.3, -0.25) is 4.79 Å². The summed E-state index contributed by atoms with van der Waals surface area (Å²) in [6.45, 7) is 0. The second-order valence-electron chi connectivity index (χ2n) is 1.86. The molecule has 5 radical (unpaired) electrons. The minimum Gasteiger partial charge on any atom is -0.298 e. The van der Waals surface area contributed by atoms with Crippen LogP contribution in [0, 0.1) is 31.6 Å². The third-order valence-electron chi connectivity index (χ3n) is 1.24. The zero-order chi connectivity index (χ0) is 7.40. The summed E-state index contributed by atoms with van der Waals surface area (Å²) < 4.78 is 0. The molecule has 0 amide bonds. The van der Waals surface area contributed by atoms with Crippen LogP contribution in [0.1, 0.15) is 0 Å². The van der Waals surface area contributed by atoms with Crippen LogP contribution in [0.25, 0.3) is 0 Å². The molecule has 1 aliphatic rings. The molecule has 1 fully saturated rings. The second kappa shape index (κ2) is 3.77. The normalized spacial score (nSPS) is 21.5. The van der Waals surface area contributed by atoms with E-state index in [0.717, 1.165) is 12.2 Å². The fourth-order valence-electron chi connectivity index (χ4n) is 0.723. The Morgan fingerprint density at radius 2 is 2.00 bits per heavy atom. The first-order valence-corrected chi connectivity index (χ1v) is 3.30. The van der Waals surface area contributed by atoms with Gasteiger partial charge in [0.1, 0.15) is 6.29 Å². The van der Waals surface area contributed by atoms with Gasteiger partial charge in [0.25, 0.3) is 0 Å². The first-order valence-electron chi connectivity index (χ1n) is 2.86. The first-order chi connectivity index (χ1) is 4.88. The number of halogens is 1. The number of rotatable bonds is 2. The highest BCUT2D eigenvalue weighted by atomic mass is 35.5. The van der Waals surface area contributed by atoms with Gasteiger partial charge in [0.05, 0.1) is 0 Å². The highest BCUT2D eigenvalue weighted by molar-refractivity contribution is 6.27. The lowest BCUT2D eigenvalue weighted by Gasteiger charge is -2.03. The molecule has 10 heavy (non-hydrogen) atoms. The molecule has 0 atom stereocenters. The van der Waals surface area contributed by atoms with Crippen molar-refractivity contribution in [3.63, 3.8) is 0 Å². The molecule has 0 saturated heterocycles. The van der Waals surface area contributed by atoms with Gasteiger partial charge < -0.3 is 0 Å². The minimum atomic E-state index is 0.520. The summed E-state index contributed by atoms with van der Waals surface area (Å²) in [6, 6.07) is 0. The summed E-state index contributed by atoms with van der Waals surface area (Å²) in [5.74, 6) is 0.866. The fraction of sp³-hybridized carbons (Fsp3) is 0. The highest BCUT2D eigenvalue weighted by Gasteiger charge is 2.20. The van der Waals surface area contributed by atoms with Crippen molar-refractivity contribution in [2.24, 2.45) is 0 Å². The van der Waals surface area contributed by atoms with Gasteiger partial charge in [-0.1, -0.05) is 11.6 Å². The van der Waals surface area contributed by atoms with Gasteiger partial charge in [-0.15, -0.1) is 0 Å². The lowest BCUT2D eigenvalue weighted by Crippen LogP contribution is -1.97. The summed E-state index contributed by atoms with van der Waals surface area (Å²) in [5, 5.41) is 0. The zero-order valence-electron chi connectivity index (χ0n) is 5.25. The van der Waals surface area contributed by atoms with Crippen molar-refractivity contribution in [3.05, 3.63) is 42.7 Å². The lowest BCUT2D eigenvalue weighted by atomic mass is 10.0. The molecule has 0 spiro atoms. The molecule has 0 heterocycles. The average molecular weight is 154 g/mol. The third-order valence-corrected chi connectivity index (χ3v) is 1.48. The second-order valence-corrected chi connectivity index (χ2v) is 2.07. The van der Waals surface area contributed by atoms with Crippen molar-refractivity contribution in [1.29, 1.82) is 0 Å². The third kappa shape index (κ3) is 1.60. The summed E-state index contributed by atoms with van der Waals surface area (Å²) in [7, 11) is 0. The Bertz CT molecular complexity index is 145. The van der Waals surface area contributed by atoms with E-state index < -0.39 is 0 Å². The van der Waals surface area contributed by atoms with E-state index in [1.807, 2.05) is 25.7 Å². The van der Waals surface area contributed by atoms with Crippen molar-refractivity contribution in [2.75, 3.05) is 0 Å². The van der Waals surface area contributed by atoms with E-state index in [9.17, 15) is 4.79 Å². The predicted octanol–water partition coefficient (Wildman–Crippen LogP) is 1.71. The van der Waals surface area contributed by atoms with Crippen LogP contribution in [0.15, 0.2) is 11.1 Å². The van der Waals surface area contributed by atoms with Crippen molar-refractivity contribution in [2.45, 2.75) is 0 Å². The molecule has 0 aromatic heterocycles. The number of carbonyl (C=O) groups excluding carboxylic acids is 1. The van der Waals surface area contributed by atoms with Crippen LogP contribution < -0.4 is 0 Å². The molecule has 0 aliphatic heterocycles. The van der Waals surface area contributed by atoms with E-state index in [0.29, 0.717) is 5.57 Å². The van der Waals surface area contributed by atoms with E-state index in [1.165, 1.54) is 5.54 Å². The smallest absolute Gasteiger partial charge is 0.147 e. The van der Waals surface area contributed by atoms with Crippen LogP contribution in [0.4, 0.5) is 0 Å². The molecule has 0 unspecified atom stereocenters. The predicted molar refractivity (Wildman–Crippen MR) is 40.4 cm³/mol. The van der Waals surface area contributed by atoms with E-state index in [1.54, 1.807) is 0 Å².